The van der Waals surface area contributed by atoms with Crippen molar-refractivity contribution in [2.24, 2.45) is 0 Å². The highest BCUT2D eigenvalue weighted by Crippen LogP contribution is 2.15. The summed E-state index contributed by atoms with van der Waals surface area (Å²) in [5.74, 6) is 0.235. The van der Waals surface area contributed by atoms with E-state index in [2.05, 4.69) is 5.32 Å². The van der Waals surface area contributed by atoms with E-state index in [0.29, 0.717) is 12.8 Å². The molecule has 1 rings (SSSR count). The summed E-state index contributed by atoms with van der Waals surface area (Å²) in [6, 6.07) is -0.0511. The van der Waals surface area contributed by atoms with E-state index in [1.54, 1.807) is 0 Å². The molecule has 0 aromatic rings. The molecule has 1 atom stereocenters. The normalized spacial score (nSPS) is 22.4. The maximum atomic E-state index is 11.5. The number of Topliss-reactive ketones (excluding diaryl/α,β-unsaturated/α-hetero) is 1. The Morgan fingerprint density at radius 1 is 1.38 bits per heavy atom. The Kier molecular flexibility index (Phi) is 4.33. The van der Waals surface area contributed by atoms with Crippen molar-refractivity contribution >= 4 is 11.9 Å². The van der Waals surface area contributed by atoms with E-state index in [9.17, 15) is 9.59 Å². The van der Waals surface area contributed by atoms with Crippen molar-refractivity contribution in [1.82, 2.24) is 5.32 Å². The third-order valence-electron chi connectivity index (χ3n) is 2.45. The lowest BCUT2D eigenvalue weighted by Gasteiger charge is -2.22. The number of hydrogen-bond acceptors (Lipinski definition) is 3. The average Bonchev–Trinajstić information content (AvgIpc) is 2.26. The highest BCUT2D eigenvalue weighted by molar-refractivity contribution is 5.80. The van der Waals surface area contributed by atoms with E-state index in [1.807, 2.05) is 20.8 Å². The van der Waals surface area contributed by atoms with Crippen molar-refractivity contribution < 1.29 is 14.3 Å². The summed E-state index contributed by atoms with van der Waals surface area (Å²) >= 11 is 0. The summed E-state index contributed by atoms with van der Waals surface area (Å²) in [4.78, 5) is 22.9. The molecule has 0 aromatic carbocycles. The van der Waals surface area contributed by atoms with Crippen LogP contribution in [0.4, 0.5) is 4.79 Å². The number of carbonyl (C=O) groups is 2. The first-order chi connectivity index (χ1) is 7.37. The number of carbonyl (C=O) groups excluding carboxylic acids is 2. The number of nitrogens with one attached hydrogen (secondary N) is 1. The highest BCUT2D eigenvalue weighted by atomic mass is 16.6. The van der Waals surface area contributed by atoms with Gasteiger partial charge in [0, 0.05) is 18.9 Å². The van der Waals surface area contributed by atoms with Gasteiger partial charge in [-0.25, -0.2) is 4.79 Å². The molecule has 0 heterocycles. The molecule has 0 spiro atoms. The summed E-state index contributed by atoms with van der Waals surface area (Å²) < 4.78 is 5.16. The molecule has 4 heteroatoms. The minimum atomic E-state index is -0.487. The van der Waals surface area contributed by atoms with E-state index >= 15 is 0 Å². The Morgan fingerprint density at radius 3 is 2.69 bits per heavy atom. The van der Waals surface area contributed by atoms with Gasteiger partial charge in [0.15, 0.2) is 0 Å². The molecule has 1 N–H and O–H groups in total. The third kappa shape index (κ3) is 5.14. The predicted octanol–water partition coefficient (Wildman–Crippen LogP) is 2.41. The van der Waals surface area contributed by atoms with E-state index in [4.69, 9.17) is 4.74 Å². The molecular weight excluding hydrogens is 206 g/mol. The number of rotatable bonds is 1. The Bertz CT molecular complexity index is 268. The van der Waals surface area contributed by atoms with E-state index in [1.165, 1.54) is 0 Å². The second kappa shape index (κ2) is 5.32. The van der Waals surface area contributed by atoms with Crippen LogP contribution in [0.15, 0.2) is 0 Å². The monoisotopic (exact) mass is 227 g/mol. The quantitative estimate of drug-likeness (QED) is 0.700. The van der Waals surface area contributed by atoms with Crippen LogP contribution >= 0.6 is 0 Å². The van der Waals surface area contributed by atoms with Crippen molar-refractivity contribution in [3.05, 3.63) is 0 Å². The van der Waals surface area contributed by atoms with Crippen LogP contribution in [0, 0.1) is 0 Å². The number of hydrogen-bond donors (Lipinski definition) is 1. The number of ether oxygens (including phenoxy) is 1. The van der Waals surface area contributed by atoms with Gasteiger partial charge in [0.2, 0.25) is 0 Å². The molecule has 0 saturated heterocycles. The molecule has 1 aliphatic carbocycles. The molecule has 4 nitrogen and oxygen atoms in total. The Labute approximate surface area is 96.7 Å². The van der Waals surface area contributed by atoms with Crippen LogP contribution in [0.2, 0.25) is 0 Å². The molecule has 92 valence electrons. The largest absolute Gasteiger partial charge is 0.444 e. The number of amides is 1. The lowest BCUT2D eigenvalue weighted by atomic mass is 10.1. The van der Waals surface area contributed by atoms with E-state index in [0.717, 1.165) is 19.3 Å². The van der Waals surface area contributed by atoms with Gasteiger partial charge in [0.1, 0.15) is 11.4 Å². The molecule has 1 amide bonds. The number of ketones is 1. The van der Waals surface area contributed by atoms with Gasteiger partial charge in [-0.3, -0.25) is 4.79 Å². The van der Waals surface area contributed by atoms with Gasteiger partial charge in [-0.15, -0.1) is 0 Å². The maximum absolute atomic E-state index is 11.5. The van der Waals surface area contributed by atoms with Crippen molar-refractivity contribution in [2.45, 2.75) is 64.5 Å². The molecule has 0 aliphatic heterocycles. The fourth-order valence-electron chi connectivity index (χ4n) is 1.79. The molecular formula is C12H21NO3. The smallest absolute Gasteiger partial charge is 0.407 e. The summed E-state index contributed by atoms with van der Waals surface area (Å²) in [5.41, 5.74) is -0.487. The standard InChI is InChI=1S/C12H21NO3/c1-12(2,3)16-11(15)13-9-6-4-5-7-10(14)8-9/h9H,4-8H2,1-3H3,(H,13,15)/t9-/m1/s1. The van der Waals surface area contributed by atoms with Crippen LogP contribution in [-0.2, 0) is 9.53 Å². The number of alkyl carbamates (subject to hydrolysis) is 1. The summed E-state index contributed by atoms with van der Waals surface area (Å²) in [7, 11) is 0. The summed E-state index contributed by atoms with van der Waals surface area (Å²) in [5, 5.41) is 2.76. The first-order valence-corrected chi connectivity index (χ1v) is 5.88. The van der Waals surface area contributed by atoms with E-state index < -0.39 is 11.7 Å². The van der Waals surface area contributed by atoms with Crippen LogP contribution < -0.4 is 5.32 Å². The second-order valence-corrected chi connectivity index (χ2v) is 5.33. The zero-order valence-corrected chi connectivity index (χ0v) is 10.3. The lowest BCUT2D eigenvalue weighted by Crippen LogP contribution is -2.39. The molecule has 16 heavy (non-hydrogen) atoms. The molecule has 1 fully saturated rings. The van der Waals surface area contributed by atoms with Crippen LogP contribution in [0.3, 0.4) is 0 Å². The van der Waals surface area contributed by atoms with Crippen molar-refractivity contribution in [2.75, 3.05) is 0 Å². The summed E-state index contributed by atoms with van der Waals surface area (Å²) in [6.45, 7) is 5.47. The lowest BCUT2D eigenvalue weighted by molar-refractivity contribution is -0.119. The molecule has 0 bridgehead atoms. The Hall–Kier alpha value is -1.06. The minimum Gasteiger partial charge on any atom is -0.444 e. The van der Waals surface area contributed by atoms with Crippen molar-refractivity contribution in [3.8, 4) is 0 Å². The Morgan fingerprint density at radius 2 is 2.06 bits per heavy atom. The van der Waals surface area contributed by atoms with Crippen LogP contribution in [0.25, 0.3) is 0 Å². The average molecular weight is 227 g/mol. The SMILES string of the molecule is CC(C)(C)OC(=O)N[C@@H]1CCCCC(=O)C1. The van der Waals surface area contributed by atoms with Gasteiger partial charge in [0.05, 0.1) is 0 Å². The van der Waals surface area contributed by atoms with Gasteiger partial charge in [-0.2, -0.15) is 0 Å². The van der Waals surface area contributed by atoms with Gasteiger partial charge in [0.25, 0.3) is 0 Å². The summed E-state index contributed by atoms with van der Waals surface area (Å²) in [6.07, 6.45) is 3.46. The zero-order chi connectivity index (χ0) is 12.2. The first-order valence-electron chi connectivity index (χ1n) is 5.88. The first kappa shape index (κ1) is 13.0. The minimum absolute atomic E-state index is 0.0511. The van der Waals surface area contributed by atoms with Crippen LogP contribution in [0.1, 0.15) is 52.9 Å². The molecule has 1 saturated carbocycles. The topological polar surface area (TPSA) is 55.4 Å². The fourth-order valence-corrected chi connectivity index (χ4v) is 1.79. The molecule has 0 radical (unpaired) electrons. The Balaban J connectivity index is 2.40. The second-order valence-electron chi connectivity index (χ2n) is 5.33. The van der Waals surface area contributed by atoms with Gasteiger partial charge in [-0.05, 0) is 33.6 Å². The maximum Gasteiger partial charge on any atom is 0.407 e. The molecule has 0 unspecified atom stereocenters. The molecule has 0 aromatic heterocycles. The van der Waals surface area contributed by atoms with Crippen molar-refractivity contribution in [3.63, 3.8) is 0 Å². The fraction of sp³-hybridized carbons (Fsp3) is 0.833. The van der Waals surface area contributed by atoms with Crippen LogP contribution in [0.5, 0.6) is 0 Å². The van der Waals surface area contributed by atoms with Crippen LogP contribution in [-0.4, -0.2) is 23.5 Å². The predicted molar refractivity (Wildman–Crippen MR) is 61.2 cm³/mol. The van der Waals surface area contributed by atoms with Gasteiger partial charge in [-0.1, -0.05) is 6.42 Å². The molecule has 1 aliphatic rings. The van der Waals surface area contributed by atoms with Crippen molar-refractivity contribution in [1.29, 1.82) is 0 Å². The zero-order valence-electron chi connectivity index (χ0n) is 10.3. The van der Waals surface area contributed by atoms with Gasteiger partial charge < -0.3 is 10.1 Å². The van der Waals surface area contributed by atoms with Gasteiger partial charge >= 0.3 is 6.09 Å². The third-order valence-corrected chi connectivity index (χ3v) is 2.45. The van der Waals surface area contributed by atoms with E-state index in [-0.39, 0.29) is 11.8 Å². The highest BCUT2D eigenvalue weighted by Gasteiger charge is 2.22.